The molecule has 0 heterocycles. The molecule has 15 heavy (non-hydrogen) atoms. The highest BCUT2D eigenvalue weighted by molar-refractivity contribution is 5.68. The molecule has 0 radical (unpaired) electrons. The summed E-state index contributed by atoms with van der Waals surface area (Å²) in [6.45, 7) is 3.76. The number of alkyl carbamates (subject to hydrolysis) is 1. The molecule has 0 aliphatic rings. The number of halogens is 2. The number of carbonyl (C=O) groups is 1. The van der Waals surface area contributed by atoms with Crippen LogP contribution in [0.25, 0.3) is 0 Å². The molecule has 0 aromatic rings. The Morgan fingerprint density at radius 2 is 1.93 bits per heavy atom. The number of rotatable bonds is 3. The molecule has 1 amide bonds. The van der Waals surface area contributed by atoms with Gasteiger partial charge in [0.1, 0.15) is 5.60 Å². The van der Waals surface area contributed by atoms with E-state index in [4.69, 9.17) is 9.84 Å². The van der Waals surface area contributed by atoms with Crippen molar-refractivity contribution in [2.75, 3.05) is 13.2 Å². The van der Waals surface area contributed by atoms with Gasteiger partial charge in [-0.05, 0) is 20.8 Å². The SMILES string of the molecule is CC(C)(C)OC(=O)NCC(CO)=C(F)F. The van der Waals surface area contributed by atoms with Crippen molar-refractivity contribution in [2.45, 2.75) is 26.4 Å². The molecule has 0 atom stereocenters. The number of aliphatic hydroxyl groups excluding tert-OH is 1. The Morgan fingerprint density at radius 1 is 1.40 bits per heavy atom. The summed E-state index contributed by atoms with van der Waals surface area (Å²) in [7, 11) is 0. The predicted molar refractivity (Wildman–Crippen MR) is 50.6 cm³/mol. The van der Waals surface area contributed by atoms with E-state index in [9.17, 15) is 13.6 Å². The lowest BCUT2D eigenvalue weighted by Gasteiger charge is -2.19. The van der Waals surface area contributed by atoms with Crippen molar-refractivity contribution in [1.29, 1.82) is 0 Å². The lowest BCUT2D eigenvalue weighted by molar-refractivity contribution is 0.0531. The number of amides is 1. The molecule has 0 aromatic carbocycles. The van der Waals surface area contributed by atoms with Gasteiger partial charge >= 0.3 is 6.09 Å². The third-order valence-corrected chi connectivity index (χ3v) is 1.30. The minimum absolute atomic E-state index is 0.423. The maximum absolute atomic E-state index is 12.0. The minimum atomic E-state index is -1.99. The summed E-state index contributed by atoms with van der Waals surface area (Å²) in [6.07, 6.45) is -2.79. The fourth-order valence-electron chi connectivity index (χ4n) is 0.676. The van der Waals surface area contributed by atoms with E-state index in [0.29, 0.717) is 0 Å². The summed E-state index contributed by atoms with van der Waals surface area (Å²) in [4.78, 5) is 11.0. The van der Waals surface area contributed by atoms with Crippen LogP contribution in [0.5, 0.6) is 0 Å². The van der Waals surface area contributed by atoms with E-state index in [1.807, 2.05) is 0 Å². The summed E-state index contributed by atoms with van der Waals surface area (Å²) in [5.41, 5.74) is -1.21. The predicted octanol–water partition coefficient (Wildman–Crippen LogP) is 1.65. The Labute approximate surface area is 86.9 Å². The first-order valence-corrected chi connectivity index (χ1v) is 4.37. The molecule has 4 nitrogen and oxygen atoms in total. The summed E-state index contributed by atoms with van der Waals surface area (Å²) < 4.78 is 28.8. The van der Waals surface area contributed by atoms with Crippen LogP contribution in [0.2, 0.25) is 0 Å². The summed E-state index contributed by atoms with van der Waals surface area (Å²) in [5.74, 6) is 0. The van der Waals surface area contributed by atoms with Gasteiger partial charge in [0.15, 0.2) is 0 Å². The standard InChI is InChI=1S/C9H15F2NO3/c1-9(2,3)15-8(14)12-4-6(5-13)7(10)11/h13H,4-5H2,1-3H3,(H,12,14). The molecule has 88 valence electrons. The van der Waals surface area contributed by atoms with E-state index >= 15 is 0 Å². The number of hydrogen-bond donors (Lipinski definition) is 2. The maximum atomic E-state index is 12.0. The molecule has 0 rings (SSSR count). The fraction of sp³-hybridized carbons (Fsp3) is 0.667. The van der Waals surface area contributed by atoms with E-state index in [1.165, 1.54) is 0 Å². The number of hydrogen-bond acceptors (Lipinski definition) is 3. The second-order valence-electron chi connectivity index (χ2n) is 3.88. The van der Waals surface area contributed by atoms with E-state index in [-0.39, 0.29) is 0 Å². The Hall–Kier alpha value is -1.17. The van der Waals surface area contributed by atoms with Crippen molar-refractivity contribution in [3.63, 3.8) is 0 Å². The molecule has 6 heteroatoms. The highest BCUT2D eigenvalue weighted by Crippen LogP contribution is 2.08. The first kappa shape index (κ1) is 13.8. The number of ether oxygens (including phenoxy) is 1. The molecule has 0 bridgehead atoms. The highest BCUT2D eigenvalue weighted by Gasteiger charge is 2.16. The smallest absolute Gasteiger partial charge is 0.407 e. The fourth-order valence-corrected chi connectivity index (χ4v) is 0.676. The zero-order chi connectivity index (χ0) is 12.1. The van der Waals surface area contributed by atoms with Crippen LogP contribution in [0.1, 0.15) is 20.8 Å². The zero-order valence-electron chi connectivity index (χ0n) is 8.93. The molecule has 0 aromatic heterocycles. The molecule has 2 N–H and O–H groups in total. The van der Waals surface area contributed by atoms with Gasteiger partial charge < -0.3 is 15.2 Å². The zero-order valence-corrected chi connectivity index (χ0v) is 8.93. The number of carbonyl (C=O) groups excluding carboxylic acids is 1. The normalized spacial score (nSPS) is 10.8. The largest absolute Gasteiger partial charge is 0.444 e. The maximum Gasteiger partial charge on any atom is 0.407 e. The van der Waals surface area contributed by atoms with Crippen LogP contribution in [0.4, 0.5) is 13.6 Å². The van der Waals surface area contributed by atoms with Gasteiger partial charge in [0.05, 0.1) is 6.61 Å². The molecular formula is C9H15F2NO3. The van der Waals surface area contributed by atoms with Crippen molar-refractivity contribution in [1.82, 2.24) is 5.32 Å². The van der Waals surface area contributed by atoms with Crippen LogP contribution < -0.4 is 5.32 Å². The molecule has 0 aliphatic heterocycles. The summed E-state index contributed by atoms with van der Waals surface area (Å²) in [5, 5.41) is 10.6. The van der Waals surface area contributed by atoms with Crippen molar-refractivity contribution < 1.29 is 23.4 Å². The first-order valence-electron chi connectivity index (χ1n) is 4.37. The Bertz CT molecular complexity index is 255. The topological polar surface area (TPSA) is 58.6 Å². The van der Waals surface area contributed by atoms with Crippen molar-refractivity contribution >= 4 is 6.09 Å². The van der Waals surface area contributed by atoms with Gasteiger partial charge in [-0.2, -0.15) is 8.78 Å². The monoisotopic (exact) mass is 223 g/mol. The van der Waals surface area contributed by atoms with Gasteiger partial charge in [-0.15, -0.1) is 0 Å². The quantitative estimate of drug-likeness (QED) is 0.764. The molecular weight excluding hydrogens is 208 g/mol. The van der Waals surface area contributed by atoms with Crippen LogP contribution in [-0.2, 0) is 4.74 Å². The van der Waals surface area contributed by atoms with Gasteiger partial charge in [-0.25, -0.2) is 4.79 Å². The summed E-state index contributed by atoms with van der Waals surface area (Å²) in [6, 6.07) is 0. The molecule has 0 saturated carbocycles. The lowest BCUT2D eigenvalue weighted by Crippen LogP contribution is -2.34. The Morgan fingerprint density at radius 3 is 2.27 bits per heavy atom. The third-order valence-electron chi connectivity index (χ3n) is 1.30. The van der Waals surface area contributed by atoms with Crippen molar-refractivity contribution in [3.8, 4) is 0 Å². The average Bonchev–Trinajstić information content (AvgIpc) is 2.01. The minimum Gasteiger partial charge on any atom is -0.444 e. The Kier molecular flexibility index (Phi) is 5.21. The second kappa shape index (κ2) is 5.65. The molecule has 0 aliphatic carbocycles. The van der Waals surface area contributed by atoms with E-state index < -0.39 is 36.5 Å². The van der Waals surface area contributed by atoms with Crippen molar-refractivity contribution in [2.24, 2.45) is 0 Å². The van der Waals surface area contributed by atoms with Crippen molar-refractivity contribution in [3.05, 3.63) is 11.7 Å². The molecule has 0 fully saturated rings. The van der Waals surface area contributed by atoms with Crippen LogP contribution >= 0.6 is 0 Å². The Balaban J connectivity index is 4.07. The first-order chi connectivity index (χ1) is 6.76. The van der Waals surface area contributed by atoms with Crippen LogP contribution in [-0.4, -0.2) is 30.0 Å². The lowest BCUT2D eigenvalue weighted by atomic mass is 10.2. The number of aliphatic hydroxyl groups is 1. The number of nitrogens with one attached hydrogen (secondary N) is 1. The van der Waals surface area contributed by atoms with Gasteiger partial charge in [0.2, 0.25) is 0 Å². The highest BCUT2D eigenvalue weighted by atomic mass is 19.3. The van der Waals surface area contributed by atoms with Gasteiger partial charge in [-0.1, -0.05) is 0 Å². The van der Waals surface area contributed by atoms with E-state index in [2.05, 4.69) is 5.32 Å². The van der Waals surface area contributed by atoms with E-state index in [1.54, 1.807) is 20.8 Å². The van der Waals surface area contributed by atoms with Gasteiger partial charge in [0.25, 0.3) is 6.08 Å². The third kappa shape index (κ3) is 6.84. The van der Waals surface area contributed by atoms with Crippen LogP contribution in [0.3, 0.4) is 0 Å². The van der Waals surface area contributed by atoms with Crippen LogP contribution in [0.15, 0.2) is 11.7 Å². The summed E-state index contributed by atoms with van der Waals surface area (Å²) >= 11 is 0. The van der Waals surface area contributed by atoms with Crippen LogP contribution in [0, 0.1) is 0 Å². The molecule has 0 saturated heterocycles. The average molecular weight is 223 g/mol. The van der Waals surface area contributed by atoms with Gasteiger partial charge in [0, 0.05) is 12.1 Å². The van der Waals surface area contributed by atoms with Gasteiger partial charge in [-0.3, -0.25) is 0 Å². The second-order valence-corrected chi connectivity index (χ2v) is 3.88. The molecule has 0 spiro atoms. The van der Waals surface area contributed by atoms with E-state index in [0.717, 1.165) is 0 Å². The molecule has 0 unspecified atom stereocenters.